The third-order valence-electron chi connectivity index (χ3n) is 13.1. The highest BCUT2D eigenvalue weighted by atomic mass is 16.5. The van der Waals surface area contributed by atoms with Crippen molar-refractivity contribution in [2.75, 3.05) is 39.7 Å². The molecule has 3 fully saturated rings. The minimum Gasteiger partial charge on any atom is -0.496 e. The van der Waals surface area contributed by atoms with E-state index in [1.165, 1.54) is 0 Å². The molecule has 2 aromatic rings. The maximum atomic E-state index is 13.3. The summed E-state index contributed by atoms with van der Waals surface area (Å²) < 4.78 is 11.8. The Morgan fingerprint density at radius 2 is 1.66 bits per heavy atom. The van der Waals surface area contributed by atoms with Gasteiger partial charge in [-0.3, -0.25) is 44.0 Å². The van der Waals surface area contributed by atoms with E-state index in [9.17, 15) is 28.8 Å². The van der Waals surface area contributed by atoms with Crippen LogP contribution >= 0.6 is 0 Å². The van der Waals surface area contributed by atoms with E-state index >= 15 is 0 Å². The number of aliphatic imine (C=N–C) groups is 1. The van der Waals surface area contributed by atoms with Gasteiger partial charge in [0.2, 0.25) is 23.6 Å². The Hall–Kier alpha value is -5.79. The van der Waals surface area contributed by atoms with Crippen LogP contribution < -0.4 is 25.4 Å². The molecule has 4 aliphatic heterocycles. The first-order valence-corrected chi connectivity index (χ1v) is 20.8. The number of anilines is 1. The van der Waals surface area contributed by atoms with Crippen LogP contribution in [-0.2, 0) is 25.6 Å². The Labute approximate surface area is 343 Å². The predicted molar refractivity (Wildman–Crippen MR) is 220 cm³/mol. The molecule has 1 spiro atoms. The molecule has 8 rings (SSSR count). The Bertz CT molecular complexity index is 2140. The van der Waals surface area contributed by atoms with Crippen LogP contribution in [0.15, 0.2) is 53.8 Å². The number of rotatable bonds is 15. The number of hydrogen-bond acceptors (Lipinski definition) is 10. The van der Waals surface area contributed by atoms with Crippen molar-refractivity contribution in [2.45, 2.75) is 76.7 Å². The first-order chi connectivity index (χ1) is 28.5. The number of methoxy groups -OCH3 is 2. The lowest BCUT2D eigenvalue weighted by atomic mass is 9.47. The Kier molecular flexibility index (Phi) is 11.2. The van der Waals surface area contributed by atoms with Crippen LogP contribution in [0.4, 0.5) is 5.69 Å². The number of carbonyl (C=O) groups excluding carboxylic acids is 6. The molecule has 14 nitrogen and oxygen atoms in total. The molecule has 2 aliphatic carbocycles. The molecular formula is C45H52N6O8. The van der Waals surface area contributed by atoms with Gasteiger partial charge in [0.25, 0.3) is 11.8 Å². The molecule has 14 heteroatoms. The molecule has 1 saturated heterocycles. The fraction of sp³-hybridized carbons (Fsp3) is 0.489. The summed E-state index contributed by atoms with van der Waals surface area (Å²) in [5.41, 5.74) is 4.35. The Morgan fingerprint density at radius 1 is 0.932 bits per heavy atom. The quantitative estimate of drug-likeness (QED) is 0.167. The van der Waals surface area contributed by atoms with Gasteiger partial charge < -0.3 is 25.0 Å². The van der Waals surface area contributed by atoms with Crippen LogP contribution in [0, 0.1) is 29.1 Å². The molecule has 0 bridgehead atoms. The third-order valence-corrected chi connectivity index (χ3v) is 13.1. The number of carbonyl (C=O) groups is 6. The van der Waals surface area contributed by atoms with Crippen molar-refractivity contribution >= 4 is 52.9 Å². The summed E-state index contributed by atoms with van der Waals surface area (Å²) in [4.78, 5) is 83.0. The van der Waals surface area contributed by atoms with E-state index in [2.05, 4.69) is 33.1 Å². The van der Waals surface area contributed by atoms with E-state index in [-0.39, 0.29) is 59.0 Å². The van der Waals surface area contributed by atoms with Crippen LogP contribution in [-0.4, -0.2) is 91.9 Å². The molecule has 2 saturated carbocycles. The first-order valence-electron chi connectivity index (χ1n) is 20.8. The second-order valence-corrected chi connectivity index (χ2v) is 17.0. The molecule has 0 aromatic heterocycles. The highest BCUT2D eigenvalue weighted by Crippen LogP contribution is 2.62. The minimum absolute atomic E-state index is 0.0221. The molecule has 4 heterocycles. The second kappa shape index (κ2) is 16.5. The first kappa shape index (κ1) is 40.0. The minimum atomic E-state index is -0.996. The number of nitrogens with zero attached hydrogens (tertiary/aromatic N) is 3. The second-order valence-electron chi connectivity index (χ2n) is 17.0. The summed E-state index contributed by atoms with van der Waals surface area (Å²) in [6.07, 6.45) is 16.0. The molecule has 6 aliphatic rings. The smallest absolute Gasteiger partial charge is 0.264 e. The van der Waals surface area contributed by atoms with E-state index < -0.39 is 29.7 Å². The number of hydrogen-bond donors (Lipinski definition) is 3. The van der Waals surface area contributed by atoms with E-state index in [1.807, 2.05) is 12.3 Å². The average molecular weight is 805 g/mol. The highest BCUT2D eigenvalue weighted by Gasteiger charge is 2.54. The van der Waals surface area contributed by atoms with Crippen LogP contribution in [0.25, 0.3) is 5.57 Å². The zero-order valence-corrected chi connectivity index (χ0v) is 33.9. The van der Waals surface area contributed by atoms with E-state index in [0.717, 1.165) is 90.9 Å². The van der Waals surface area contributed by atoms with Crippen LogP contribution in [0.2, 0.25) is 0 Å². The van der Waals surface area contributed by atoms with E-state index in [1.54, 1.807) is 56.8 Å². The normalized spacial score (nSPS) is 26.8. The molecule has 3 unspecified atom stereocenters. The molecule has 0 radical (unpaired) electrons. The fourth-order valence-corrected chi connectivity index (χ4v) is 10.2. The van der Waals surface area contributed by atoms with Gasteiger partial charge in [-0.05, 0) is 98.1 Å². The summed E-state index contributed by atoms with van der Waals surface area (Å²) in [5, 5.41) is 8.67. The number of imide groups is 2. The van der Waals surface area contributed by atoms with Gasteiger partial charge in [-0.2, -0.15) is 0 Å². The van der Waals surface area contributed by atoms with Gasteiger partial charge in [0.05, 0.1) is 31.3 Å². The summed E-state index contributed by atoms with van der Waals surface area (Å²) in [6.45, 7) is 1.24. The maximum Gasteiger partial charge on any atom is 0.264 e. The lowest BCUT2D eigenvalue weighted by Gasteiger charge is -2.57. The standard InChI is InChI=1S/C45H52N6O8/c1-50-25-33(29-13-16-46-24-32(29)42(50)55)27-18-36(58-2)31(37(19-27)59-3)17-26-20-45(21-26)22-28(23-45)40(53)48-15-7-5-4-6-14-47-34-10-8-9-30-39(34)44(57)51(43(30)56)35-11-12-38(52)49-41(35)54/h8-10,13,16,18-19,24-26,28-29,32,35,47H,4-7,11-12,14-15,17,20-23H2,1-3H3,(H,48,53)(H,49,52,54). The van der Waals surface area contributed by atoms with Gasteiger partial charge in [-0.1, -0.05) is 25.0 Å². The topological polar surface area (TPSA) is 176 Å². The number of amides is 6. The molecule has 59 heavy (non-hydrogen) atoms. The molecular weight excluding hydrogens is 753 g/mol. The van der Waals surface area contributed by atoms with Crippen LogP contribution in [0.5, 0.6) is 11.5 Å². The van der Waals surface area contributed by atoms with Crippen molar-refractivity contribution in [2.24, 2.45) is 34.1 Å². The van der Waals surface area contributed by atoms with Crippen LogP contribution in [0.3, 0.4) is 0 Å². The number of ether oxygens (including phenoxy) is 2. The summed E-state index contributed by atoms with van der Waals surface area (Å²) in [6, 6.07) is 8.18. The molecule has 6 amide bonds. The van der Waals surface area contributed by atoms with Crippen molar-refractivity contribution in [1.29, 1.82) is 0 Å². The summed E-state index contributed by atoms with van der Waals surface area (Å²) in [7, 11) is 5.15. The average Bonchev–Trinajstić information content (AvgIpc) is 3.46. The van der Waals surface area contributed by atoms with E-state index in [4.69, 9.17) is 9.47 Å². The summed E-state index contributed by atoms with van der Waals surface area (Å²) >= 11 is 0. The number of unbranched alkanes of at least 4 members (excludes halogenated alkanes) is 3. The zero-order valence-electron chi connectivity index (χ0n) is 33.9. The lowest BCUT2D eigenvalue weighted by molar-refractivity contribution is -0.141. The fourth-order valence-electron chi connectivity index (χ4n) is 10.2. The van der Waals surface area contributed by atoms with Gasteiger partial charge in [-0.15, -0.1) is 0 Å². The van der Waals surface area contributed by atoms with Gasteiger partial charge >= 0.3 is 0 Å². The Balaban J connectivity index is 0.743. The maximum absolute atomic E-state index is 13.3. The van der Waals surface area contributed by atoms with Gasteiger partial charge in [0.15, 0.2) is 0 Å². The molecule has 2 aromatic carbocycles. The Morgan fingerprint density at radius 3 is 2.37 bits per heavy atom. The summed E-state index contributed by atoms with van der Waals surface area (Å²) in [5.74, 6) is -0.232. The number of piperidine rings is 1. The predicted octanol–water partition coefficient (Wildman–Crippen LogP) is 4.89. The van der Waals surface area contributed by atoms with Gasteiger partial charge in [-0.25, -0.2) is 0 Å². The third kappa shape index (κ3) is 7.65. The van der Waals surface area contributed by atoms with Crippen molar-refractivity contribution in [1.82, 2.24) is 20.4 Å². The van der Waals surface area contributed by atoms with Gasteiger partial charge in [0.1, 0.15) is 17.5 Å². The SMILES string of the molecule is COc1cc(C2=CN(C)C(=O)C3C=NC=CC23)cc(OC)c1CC1CC2(C1)CC(C(=O)NCCCCCCNc1cccc3c1C(=O)N(C1CCC(=O)NC1=O)C3=O)C2. The molecule has 310 valence electrons. The highest BCUT2D eigenvalue weighted by molar-refractivity contribution is 6.25. The monoisotopic (exact) mass is 804 g/mol. The number of benzene rings is 2. The number of nitrogens with one attached hydrogen (secondary N) is 3. The number of fused-ring (bicyclic) bond motifs is 2. The molecule has 3 N–H and O–H groups in total. The van der Waals surface area contributed by atoms with E-state index in [0.29, 0.717) is 24.7 Å². The largest absolute Gasteiger partial charge is 0.496 e. The molecule has 3 atom stereocenters. The van der Waals surface area contributed by atoms with Crippen molar-refractivity contribution in [3.8, 4) is 11.5 Å². The van der Waals surface area contributed by atoms with Crippen molar-refractivity contribution in [3.05, 3.63) is 71.1 Å². The van der Waals surface area contributed by atoms with Crippen molar-refractivity contribution < 1.29 is 38.2 Å². The van der Waals surface area contributed by atoms with Gasteiger partial charge in [0, 0.05) is 68.3 Å². The van der Waals surface area contributed by atoms with Crippen molar-refractivity contribution in [3.63, 3.8) is 0 Å². The lowest BCUT2D eigenvalue weighted by Crippen LogP contribution is -2.54. The number of allylic oxidation sites excluding steroid dienone is 2. The zero-order chi connectivity index (χ0) is 41.4. The van der Waals surface area contributed by atoms with Crippen LogP contribution in [0.1, 0.15) is 96.1 Å².